The average Bonchev–Trinajstić information content (AvgIpc) is 2.88. The van der Waals surface area contributed by atoms with E-state index in [1.165, 1.54) is 0 Å². The number of hydrogen-bond acceptors (Lipinski definition) is 5. The second-order valence-electron chi connectivity index (χ2n) is 5.69. The van der Waals surface area contributed by atoms with Crippen LogP contribution in [0.1, 0.15) is 18.1 Å². The maximum atomic E-state index is 12.8. The van der Waals surface area contributed by atoms with E-state index < -0.39 is 23.3 Å². The Morgan fingerprint density at radius 2 is 1.68 bits per heavy atom. The largest absolute Gasteiger partial charge is 0.502 e. The molecule has 0 fully saturated rings. The molecule has 1 atom stereocenters. The summed E-state index contributed by atoms with van der Waals surface area (Å²) in [5.74, 6) is -2.19. The van der Waals surface area contributed by atoms with Gasteiger partial charge in [-0.1, -0.05) is 60.7 Å². The van der Waals surface area contributed by atoms with Crippen molar-refractivity contribution in [2.24, 2.45) is 0 Å². The van der Waals surface area contributed by atoms with Gasteiger partial charge in [-0.05, 0) is 18.1 Å². The molecule has 0 bridgehead atoms. The second-order valence-corrected chi connectivity index (χ2v) is 5.69. The highest BCUT2D eigenvalue weighted by atomic mass is 16.6. The Morgan fingerprint density at radius 1 is 1.08 bits per heavy atom. The standard InChI is InChI=1S/C20H18O5/c1-2-24-19(23)20(13-14-9-5-3-6-10-14)16(17(21)18(22)25-20)15-11-7-4-8-12-15/h3-12,21H,2,13H2,1H3. The van der Waals surface area contributed by atoms with E-state index in [9.17, 15) is 14.7 Å². The predicted octanol–water partition coefficient (Wildman–Crippen LogP) is 3.06. The van der Waals surface area contributed by atoms with E-state index >= 15 is 0 Å². The molecule has 0 aliphatic carbocycles. The van der Waals surface area contributed by atoms with Crippen LogP contribution in [0.15, 0.2) is 66.4 Å². The number of cyclic esters (lactones) is 1. The summed E-state index contributed by atoms with van der Waals surface area (Å²) < 4.78 is 10.6. The number of esters is 2. The zero-order chi connectivity index (χ0) is 17.9. The lowest BCUT2D eigenvalue weighted by Crippen LogP contribution is -2.44. The fraction of sp³-hybridized carbons (Fsp3) is 0.200. The first kappa shape index (κ1) is 16.8. The summed E-state index contributed by atoms with van der Waals surface area (Å²) in [5, 5.41) is 10.3. The maximum Gasteiger partial charge on any atom is 0.375 e. The van der Waals surface area contributed by atoms with Crippen LogP contribution in [-0.4, -0.2) is 29.3 Å². The summed E-state index contributed by atoms with van der Waals surface area (Å²) in [6, 6.07) is 17.9. The van der Waals surface area contributed by atoms with Gasteiger partial charge in [0.2, 0.25) is 11.4 Å². The summed E-state index contributed by atoms with van der Waals surface area (Å²) in [6.07, 6.45) is 0.0761. The molecule has 1 aliphatic rings. The second kappa shape index (κ2) is 6.81. The van der Waals surface area contributed by atoms with E-state index in [-0.39, 0.29) is 18.6 Å². The minimum atomic E-state index is -1.71. The van der Waals surface area contributed by atoms with E-state index in [1.807, 2.05) is 36.4 Å². The highest BCUT2D eigenvalue weighted by Gasteiger charge is 2.55. The number of rotatable bonds is 5. The van der Waals surface area contributed by atoms with Crippen LogP contribution in [0.2, 0.25) is 0 Å². The topological polar surface area (TPSA) is 72.8 Å². The van der Waals surface area contributed by atoms with E-state index in [0.717, 1.165) is 5.56 Å². The number of carbonyl (C=O) groups is 2. The van der Waals surface area contributed by atoms with Crippen molar-refractivity contribution in [3.63, 3.8) is 0 Å². The Balaban J connectivity index is 2.16. The minimum Gasteiger partial charge on any atom is -0.502 e. The van der Waals surface area contributed by atoms with E-state index in [0.29, 0.717) is 5.56 Å². The molecule has 5 nitrogen and oxygen atoms in total. The molecule has 0 saturated carbocycles. The Hall–Kier alpha value is -3.08. The van der Waals surface area contributed by atoms with Gasteiger partial charge in [0.05, 0.1) is 12.2 Å². The summed E-state index contributed by atoms with van der Waals surface area (Å²) >= 11 is 0. The highest BCUT2D eigenvalue weighted by Crippen LogP contribution is 2.42. The molecule has 0 amide bonds. The van der Waals surface area contributed by atoms with Crippen molar-refractivity contribution in [2.45, 2.75) is 18.9 Å². The van der Waals surface area contributed by atoms with Gasteiger partial charge in [0, 0.05) is 6.42 Å². The number of aliphatic hydroxyl groups excluding tert-OH is 1. The van der Waals surface area contributed by atoms with Gasteiger partial charge in [-0.25, -0.2) is 9.59 Å². The molecule has 0 aromatic heterocycles. The molecular formula is C20H18O5. The quantitative estimate of drug-likeness (QED) is 0.848. The maximum absolute atomic E-state index is 12.8. The third kappa shape index (κ3) is 3.01. The lowest BCUT2D eigenvalue weighted by Gasteiger charge is -2.28. The van der Waals surface area contributed by atoms with Gasteiger partial charge in [0.25, 0.3) is 0 Å². The molecule has 2 aromatic carbocycles. The van der Waals surface area contributed by atoms with Crippen molar-refractivity contribution >= 4 is 17.5 Å². The van der Waals surface area contributed by atoms with Crippen molar-refractivity contribution in [2.75, 3.05) is 6.61 Å². The van der Waals surface area contributed by atoms with Gasteiger partial charge < -0.3 is 14.6 Å². The third-order valence-corrected chi connectivity index (χ3v) is 4.06. The Labute approximate surface area is 145 Å². The molecule has 25 heavy (non-hydrogen) atoms. The van der Waals surface area contributed by atoms with Crippen molar-refractivity contribution in [3.8, 4) is 0 Å². The molecule has 1 N–H and O–H groups in total. The van der Waals surface area contributed by atoms with Crippen LogP contribution >= 0.6 is 0 Å². The summed E-state index contributed by atoms with van der Waals surface area (Å²) in [6.45, 7) is 1.81. The van der Waals surface area contributed by atoms with E-state index in [4.69, 9.17) is 9.47 Å². The van der Waals surface area contributed by atoms with Crippen LogP contribution in [-0.2, 0) is 25.5 Å². The van der Waals surface area contributed by atoms with Crippen molar-refractivity contribution < 1.29 is 24.2 Å². The van der Waals surface area contributed by atoms with Gasteiger partial charge in [-0.2, -0.15) is 0 Å². The molecule has 2 aromatic rings. The molecule has 1 unspecified atom stereocenters. The number of benzene rings is 2. The molecule has 0 spiro atoms. The lowest BCUT2D eigenvalue weighted by atomic mass is 9.83. The molecule has 1 aliphatic heterocycles. The van der Waals surface area contributed by atoms with Crippen molar-refractivity contribution in [1.29, 1.82) is 0 Å². The SMILES string of the molecule is CCOC(=O)C1(Cc2ccccc2)OC(=O)C(O)=C1c1ccccc1. The van der Waals surface area contributed by atoms with E-state index in [1.54, 1.807) is 31.2 Å². The highest BCUT2D eigenvalue weighted by molar-refractivity contribution is 6.11. The van der Waals surface area contributed by atoms with Crippen LogP contribution < -0.4 is 0 Å². The molecule has 1 heterocycles. The van der Waals surface area contributed by atoms with Crippen LogP contribution in [0.3, 0.4) is 0 Å². The molecular weight excluding hydrogens is 320 g/mol. The van der Waals surface area contributed by atoms with Gasteiger partial charge >= 0.3 is 11.9 Å². The zero-order valence-corrected chi connectivity index (χ0v) is 13.8. The monoisotopic (exact) mass is 338 g/mol. The van der Waals surface area contributed by atoms with E-state index in [2.05, 4.69) is 0 Å². The third-order valence-electron chi connectivity index (χ3n) is 4.06. The summed E-state index contributed by atoms with van der Waals surface area (Å²) in [5.41, 5.74) is -0.249. The number of aliphatic hydroxyl groups is 1. The molecule has 0 saturated heterocycles. The molecule has 128 valence electrons. The van der Waals surface area contributed by atoms with Gasteiger partial charge in [-0.3, -0.25) is 0 Å². The average molecular weight is 338 g/mol. The van der Waals surface area contributed by atoms with Gasteiger partial charge in [0.1, 0.15) is 0 Å². The summed E-state index contributed by atoms with van der Waals surface area (Å²) in [4.78, 5) is 24.9. The smallest absolute Gasteiger partial charge is 0.375 e. The number of hydrogen-bond donors (Lipinski definition) is 1. The summed E-state index contributed by atoms with van der Waals surface area (Å²) in [7, 11) is 0. The number of carbonyl (C=O) groups excluding carboxylic acids is 2. The predicted molar refractivity (Wildman–Crippen MR) is 91.6 cm³/mol. The molecule has 3 rings (SSSR count). The Bertz CT molecular complexity index is 810. The van der Waals surface area contributed by atoms with Crippen LogP contribution in [0, 0.1) is 0 Å². The Morgan fingerprint density at radius 3 is 2.28 bits per heavy atom. The Kier molecular flexibility index (Phi) is 4.57. The van der Waals surface area contributed by atoms with Gasteiger partial charge in [0.15, 0.2) is 0 Å². The number of ether oxygens (including phenoxy) is 2. The zero-order valence-electron chi connectivity index (χ0n) is 13.8. The fourth-order valence-electron chi connectivity index (χ4n) is 3.00. The molecule has 0 radical (unpaired) electrons. The van der Waals surface area contributed by atoms with Crippen LogP contribution in [0.4, 0.5) is 0 Å². The fourth-order valence-corrected chi connectivity index (χ4v) is 3.00. The van der Waals surface area contributed by atoms with Gasteiger partial charge in [-0.15, -0.1) is 0 Å². The van der Waals surface area contributed by atoms with Crippen molar-refractivity contribution in [1.82, 2.24) is 0 Å². The molecule has 5 heteroatoms. The minimum absolute atomic E-state index is 0.0761. The van der Waals surface area contributed by atoms with Crippen LogP contribution in [0.25, 0.3) is 5.57 Å². The van der Waals surface area contributed by atoms with Crippen molar-refractivity contribution in [3.05, 3.63) is 77.5 Å². The van der Waals surface area contributed by atoms with Crippen LogP contribution in [0.5, 0.6) is 0 Å². The first-order valence-electron chi connectivity index (χ1n) is 8.02. The first-order chi connectivity index (χ1) is 12.1. The lowest BCUT2D eigenvalue weighted by molar-refractivity contribution is -0.171. The first-order valence-corrected chi connectivity index (χ1v) is 8.02. The normalized spacial score (nSPS) is 19.6.